The van der Waals surface area contributed by atoms with Gasteiger partial charge in [-0.15, -0.1) is 0 Å². The Hall–Kier alpha value is -3.85. The van der Waals surface area contributed by atoms with E-state index in [4.69, 9.17) is 4.74 Å². The first-order valence-corrected chi connectivity index (χ1v) is 9.71. The Kier molecular flexibility index (Phi) is 6.13. The lowest BCUT2D eigenvalue weighted by Gasteiger charge is -2.26. The number of halogens is 1. The second-order valence-corrected chi connectivity index (χ2v) is 6.86. The molecule has 0 atom stereocenters. The molecule has 4 rings (SSSR count). The van der Waals surface area contributed by atoms with Gasteiger partial charge in [0.15, 0.2) is 0 Å². The van der Waals surface area contributed by atoms with Gasteiger partial charge >= 0.3 is 0 Å². The fourth-order valence-electron chi connectivity index (χ4n) is 3.07. The number of amides is 2. The fourth-order valence-corrected chi connectivity index (χ4v) is 3.07. The van der Waals surface area contributed by atoms with Crippen LogP contribution in [0.15, 0.2) is 60.9 Å². The molecule has 8 nitrogen and oxygen atoms in total. The number of hydrogen-bond acceptors (Lipinski definition) is 6. The molecule has 2 N–H and O–H groups in total. The topological polar surface area (TPSA) is 96.5 Å². The lowest BCUT2D eigenvalue weighted by Crippen LogP contribution is -2.40. The average molecular weight is 421 g/mol. The first kappa shape index (κ1) is 20.4. The summed E-state index contributed by atoms with van der Waals surface area (Å²) < 4.78 is 18.3. The van der Waals surface area contributed by atoms with Crippen molar-refractivity contribution in [1.82, 2.24) is 14.9 Å². The van der Waals surface area contributed by atoms with Crippen molar-refractivity contribution in [3.8, 4) is 0 Å². The molecule has 1 aliphatic heterocycles. The van der Waals surface area contributed by atoms with Crippen molar-refractivity contribution in [3.05, 3.63) is 78.0 Å². The van der Waals surface area contributed by atoms with Gasteiger partial charge in [0, 0.05) is 36.1 Å². The van der Waals surface area contributed by atoms with E-state index in [-0.39, 0.29) is 17.4 Å². The number of rotatable bonds is 5. The Morgan fingerprint density at radius 2 is 1.61 bits per heavy atom. The zero-order valence-corrected chi connectivity index (χ0v) is 16.5. The van der Waals surface area contributed by atoms with Gasteiger partial charge in [-0.05, 0) is 48.5 Å². The minimum Gasteiger partial charge on any atom is -0.378 e. The Bertz CT molecular complexity index is 1070. The molecule has 0 radical (unpaired) electrons. The van der Waals surface area contributed by atoms with Crippen molar-refractivity contribution in [2.45, 2.75) is 0 Å². The molecule has 1 saturated heterocycles. The molecule has 9 heteroatoms. The Labute approximate surface area is 178 Å². The Morgan fingerprint density at radius 3 is 2.32 bits per heavy atom. The van der Waals surface area contributed by atoms with Crippen LogP contribution >= 0.6 is 0 Å². The number of morpholine rings is 1. The molecular formula is C22H20FN5O3. The highest BCUT2D eigenvalue weighted by Crippen LogP contribution is 2.18. The summed E-state index contributed by atoms with van der Waals surface area (Å²) >= 11 is 0. The lowest BCUT2D eigenvalue weighted by atomic mass is 10.1. The van der Waals surface area contributed by atoms with Crippen LogP contribution in [0, 0.1) is 5.82 Å². The molecule has 2 amide bonds. The summed E-state index contributed by atoms with van der Waals surface area (Å²) in [7, 11) is 0. The number of nitrogens with one attached hydrogen (secondary N) is 2. The van der Waals surface area contributed by atoms with Gasteiger partial charge in [-0.2, -0.15) is 0 Å². The zero-order chi connectivity index (χ0) is 21.6. The van der Waals surface area contributed by atoms with E-state index in [1.165, 1.54) is 36.7 Å². The van der Waals surface area contributed by atoms with E-state index in [9.17, 15) is 14.0 Å². The molecule has 1 fully saturated rings. The van der Waals surface area contributed by atoms with E-state index < -0.39 is 5.91 Å². The van der Waals surface area contributed by atoms with Gasteiger partial charge in [-0.3, -0.25) is 9.59 Å². The maximum atomic E-state index is 13.0. The molecule has 31 heavy (non-hydrogen) atoms. The van der Waals surface area contributed by atoms with Gasteiger partial charge in [0.2, 0.25) is 0 Å². The van der Waals surface area contributed by atoms with Gasteiger partial charge in [0.1, 0.15) is 23.7 Å². The van der Waals surface area contributed by atoms with Crippen LogP contribution in [0.25, 0.3) is 0 Å². The normalized spacial score (nSPS) is 13.5. The van der Waals surface area contributed by atoms with Crippen LogP contribution in [0.4, 0.5) is 21.6 Å². The standard InChI is InChI=1S/C22H20FN5O3/c23-16-3-7-18(8-4-16)27-21(29)19-13-20(25-14-24-19)26-17-5-1-15(2-6-17)22(30)28-9-11-31-12-10-28/h1-8,13-14H,9-12H2,(H,27,29)(H,24,25,26). The number of benzene rings is 2. The number of hydrogen-bond donors (Lipinski definition) is 2. The predicted molar refractivity (Wildman–Crippen MR) is 113 cm³/mol. The highest BCUT2D eigenvalue weighted by atomic mass is 19.1. The van der Waals surface area contributed by atoms with E-state index in [2.05, 4.69) is 20.6 Å². The van der Waals surface area contributed by atoms with Crippen molar-refractivity contribution in [2.24, 2.45) is 0 Å². The molecule has 1 aliphatic rings. The summed E-state index contributed by atoms with van der Waals surface area (Å²) in [4.78, 5) is 34.8. The molecule has 158 valence electrons. The number of anilines is 3. The molecular weight excluding hydrogens is 401 g/mol. The minimum absolute atomic E-state index is 0.0309. The molecule has 2 heterocycles. The van der Waals surface area contributed by atoms with Gasteiger partial charge in [0.05, 0.1) is 13.2 Å². The van der Waals surface area contributed by atoms with Crippen molar-refractivity contribution < 1.29 is 18.7 Å². The fraction of sp³-hybridized carbons (Fsp3) is 0.182. The van der Waals surface area contributed by atoms with E-state index in [1.807, 2.05) is 0 Å². The van der Waals surface area contributed by atoms with Crippen LogP contribution in [0.3, 0.4) is 0 Å². The number of aromatic nitrogens is 2. The third-order valence-electron chi connectivity index (χ3n) is 4.70. The van der Waals surface area contributed by atoms with Crippen molar-refractivity contribution in [3.63, 3.8) is 0 Å². The van der Waals surface area contributed by atoms with Crippen LogP contribution in [-0.2, 0) is 4.74 Å². The van der Waals surface area contributed by atoms with Crippen molar-refractivity contribution in [1.29, 1.82) is 0 Å². The molecule has 1 aromatic heterocycles. The van der Waals surface area contributed by atoms with E-state index in [0.29, 0.717) is 49.1 Å². The number of carbonyl (C=O) groups excluding carboxylic acids is 2. The van der Waals surface area contributed by atoms with Crippen LogP contribution in [0.2, 0.25) is 0 Å². The summed E-state index contributed by atoms with van der Waals surface area (Å²) in [5.74, 6) is -0.434. The molecule has 0 unspecified atom stereocenters. The van der Waals surface area contributed by atoms with Crippen LogP contribution < -0.4 is 10.6 Å². The molecule has 3 aromatic rings. The van der Waals surface area contributed by atoms with E-state index >= 15 is 0 Å². The van der Waals surface area contributed by atoms with Gasteiger partial charge in [-0.25, -0.2) is 14.4 Å². The summed E-state index contributed by atoms with van der Waals surface area (Å²) in [6, 6.07) is 14.0. The monoisotopic (exact) mass is 421 g/mol. The van der Waals surface area contributed by atoms with Crippen LogP contribution in [0.1, 0.15) is 20.8 Å². The smallest absolute Gasteiger partial charge is 0.274 e. The second kappa shape index (κ2) is 9.31. The maximum Gasteiger partial charge on any atom is 0.274 e. The Morgan fingerprint density at radius 1 is 0.935 bits per heavy atom. The number of nitrogens with zero attached hydrogens (tertiary/aromatic N) is 3. The van der Waals surface area contributed by atoms with E-state index in [1.54, 1.807) is 29.2 Å². The largest absolute Gasteiger partial charge is 0.378 e. The average Bonchev–Trinajstić information content (AvgIpc) is 2.81. The summed E-state index contributed by atoms with van der Waals surface area (Å²) in [5.41, 5.74) is 1.91. The molecule has 0 spiro atoms. The van der Waals surface area contributed by atoms with Gasteiger partial charge in [0.25, 0.3) is 11.8 Å². The number of carbonyl (C=O) groups is 2. The van der Waals surface area contributed by atoms with Gasteiger partial charge < -0.3 is 20.3 Å². The molecule has 2 aromatic carbocycles. The first-order valence-electron chi connectivity index (χ1n) is 9.71. The van der Waals surface area contributed by atoms with Crippen LogP contribution in [0.5, 0.6) is 0 Å². The minimum atomic E-state index is -0.441. The van der Waals surface area contributed by atoms with Crippen molar-refractivity contribution >= 4 is 29.0 Å². The Balaban J connectivity index is 1.40. The summed E-state index contributed by atoms with van der Waals surface area (Å²) in [6.07, 6.45) is 1.28. The third kappa shape index (κ3) is 5.20. The summed E-state index contributed by atoms with van der Waals surface area (Å²) in [6.45, 7) is 2.28. The lowest BCUT2D eigenvalue weighted by molar-refractivity contribution is 0.0303. The van der Waals surface area contributed by atoms with E-state index in [0.717, 1.165) is 0 Å². The first-order chi connectivity index (χ1) is 15.1. The van der Waals surface area contributed by atoms with Crippen LogP contribution in [-0.4, -0.2) is 53.0 Å². The zero-order valence-electron chi connectivity index (χ0n) is 16.5. The highest BCUT2D eigenvalue weighted by molar-refractivity contribution is 6.03. The highest BCUT2D eigenvalue weighted by Gasteiger charge is 2.18. The third-order valence-corrected chi connectivity index (χ3v) is 4.70. The molecule has 0 aliphatic carbocycles. The molecule has 0 saturated carbocycles. The number of ether oxygens (including phenoxy) is 1. The quantitative estimate of drug-likeness (QED) is 0.657. The van der Waals surface area contributed by atoms with Crippen molar-refractivity contribution in [2.75, 3.05) is 36.9 Å². The SMILES string of the molecule is O=C(Nc1ccc(F)cc1)c1cc(Nc2ccc(C(=O)N3CCOCC3)cc2)ncn1. The second-order valence-electron chi connectivity index (χ2n) is 6.86. The summed E-state index contributed by atoms with van der Waals surface area (Å²) in [5, 5.41) is 5.74. The maximum absolute atomic E-state index is 13.0. The molecule has 0 bridgehead atoms. The van der Waals surface area contributed by atoms with Gasteiger partial charge in [-0.1, -0.05) is 0 Å². The predicted octanol–water partition coefficient (Wildman–Crippen LogP) is 3.08.